The van der Waals surface area contributed by atoms with Crippen LogP contribution < -0.4 is 23.0 Å². The number of halogens is 10. The molecular formula is C72H78F4I6N4O10SSi2V-. The van der Waals surface area contributed by atoms with Crippen molar-refractivity contribution in [1.29, 1.82) is 0 Å². The van der Waals surface area contributed by atoms with Crippen LogP contribution in [0.1, 0.15) is 95.8 Å². The van der Waals surface area contributed by atoms with Crippen molar-refractivity contribution in [2.24, 2.45) is 10.9 Å². The first-order valence-corrected chi connectivity index (χ1v) is 64.0. The van der Waals surface area contributed by atoms with Gasteiger partial charge in [-0.1, -0.05) is 97.1 Å². The molecule has 0 radical (unpaired) electrons. The second kappa shape index (κ2) is 44.2. The van der Waals surface area contributed by atoms with Gasteiger partial charge in [0.15, 0.2) is 8.32 Å². The van der Waals surface area contributed by atoms with Gasteiger partial charge in [0, 0.05) is 18.3 Å². The Morgan fingerprint density at radius 2 is 1.06 bits per heavy atom. The number of nitrogens with one attached hydrogen (secondary N) is 1. The normalized spacial score (nSPS) is 15.3. The van der Waals surface area contributed by atoms with Crippen LogP contribution in [0.25, 0.3) is 0 Å². The van der Waals surface area contributed by atoms with E-state index < -0.39 is 71.0 Å². The quantitative estimate of drug-likeness (QED) is 0.0255. The fraction of sp³-hybridized carbons (Fsp3) is 0.264. The molecule has 100 heavy (non-hydrogen) atoms. The van der Waals surface area contributed by atoms with Crippen molar-refractivity contribution in [3.8, 4) is 11.5 Å². The number of carbonyl (C=O) groups excluding carboxylic acids is 4. The van der Waals surface area contributed by atoms with Gasteiger partial charge in [-0.2, -0.15) is 13.5 Å². The number of aromatic hydroxyl groups is 1. The summed E-state index contributed by atoms with van der Waals surface area (Å²) in [5.41, 5.74) is 5.99. The standard InChI is InChI=1S/C39H46F2N2O5Si2.C20H20FNO4.C13H10FNO.I3.3HI.H2S.V/c1-49(2,3)47-33-22-14-29(15-23-33)37(42-32-20-18-31(41)19-21-32)34(24-25-36(48-50(4,5)6)28-12-16-30(40)17-13-28)38(44)43-35(26-46-39(43)45)27-10-8-7-9-11-27;21-16-11-9-15(10-12-16)18(23)7-4-8-19(24)22-17(13-26-20(22)25)14-5-2-1-3-6-14;14-11-3-5-12(6-4-11)15-9-10-1-7-13(16)8-2-10;1-3-2;;;;;/h7-23,34-37,42H,24-26H2,1-6H3;1-3,5-6,9-12,17-18,23H,4,7-8,13H2;1-9,16H;;3*1H;1H2;/q;;;-1;;;;;+3/p-3/t34-,35-,36+,37-;17-,18+;;;;;;;/m11......./s1. The fourth-order valence-corrected chi connectivity index (χ4v) is 12.4. The van der Waals surface area contributed by atoms with Crippen molar-refractivity contribution in [3.05, 3.63) is 263 Å². The Balaban J connectivity index is 0.000000297. The molecule has 0 bridgehead atoms. The van der Waals surface area contributed by atoms with Gasteiger partial charge in [0.25, 0.3) is 0 Å². The van der Waals surface area contributed by atoms with Crippen molar-refractivity contribution in [2.45, 2.75) is 102 Å². The first-order valence-electron chi connectivity index (χ1n) is 31.1. The van der Waals surface area contributed by atoms with Crippen molar-refractivity contribution in [3.63, 3.8) is 0 Å². The number of benzene rings is 8. The molecule has 2 heterocycles. The SMILES string of the molecule is C[Si](C)(C)Oc1ccc([C@@H](Nc2ccc(F)cc2)[C@@H](CC[C@H](O[Si](C)(C)C)c2ccc(F)cc2)C(=O)N2C(=O)OC[C@@H]2c2ccccc2)cc1.I[I-]I.O=C(CCC[C@H](O)c1ccc(F)cc1)N1C(=O)OC[C@@H]1c1ccccc1.Oc1ccc(C=Nc2ccc(F)cc2)cc1.S.[I][V]([I])[I]. The van der Waals surface area contributed by atoms with E-state index in [1.165, 1.54) is 65.6 Å². The molecule has 4 amide bonds. The molecular weight excluding hydrogens is 2060 g/mol. The number of rotatable bonds is 22. The number of ether oxygens (including phenoxy) is 2. The van der Waals surface area contributed by atoms with Gasteiger partial charge in [0.05, 0.1) is 29.9 Å². The molecule has 10 rings (SSSR count). The monoisotopic (exact) mass is 2130 g/mol. The molecule has 2 aliphatic heterocycles. The van der Waals surface area contributed by atoms with Crippen LogP contribution in [-0.2, 0) is 28.4 Å². The van der Waals surface area contributed by atoms with E-state index in [1.807, 2.05) is 84.9 Å². The number of imide groups is 2. The molecule has 6 atom stereocenters. The van der Waals surface area contributed by atoms with E-state index in [4.69, 9.17) is 23.4 Å². The van der Waals surface area contributed by atoms with Crippen LogP contribution in [0, 0.1) is 29.2 Å². The molecule has 536 valence electrons. The summed E-state index contributed by atoms with van der Waals surface area (Å²) in [4.78, 5) is 59.0. The van der Waals surface area contributed by atoms with Gasteiger partial charge < -0.3 is 33.9 Å². The van der Waals surface area contributed by atoms with Gasteiger partial charge in [0.1, 0.15) is 60.1 Å². The maximum absolute atomic E-state index is 15.0. The van der Waals surface area contributed by atoms with Crippen molar-refractivity contribution >= 4 is 169 Å². The van der Waals surface area contributed by atoms with Gasteiger partial charge >= 0.3 is 128 Å². The number of phenolic OH excluding ortho intramolecular Hbond substituents is 1. The molecule has 0 unspecified atom stereocenters. The van der Waals surface area contributed by atoms with Gasteiger partial charge in [-0.15, -0.1) is 0 Å². The summed E-state index contributed by atoms with van der Waals surface area (Å²) in [7, 11) is -4.01. The molecule has 2 fully saturated rings. The zero-order valence-electron chi connectivity index (χ0n) is 55.4. The van der Waals surface area contributed by atoms with Crippen LogP contribution in [0.15, 0.2) is 211 Å². The summed E-state index contributed by atoms with van der Waals surface area (Å²) in [6, 6.07) is 55.0. The van der Waals surface area contributed by atoms with Crippen molar-refractivity contribution in [2.75, 3.05) is 18.5 Å². The summed E-state index contributed by atoms with van der Waals surface area (Å²) in [6.07, 6.45) is 0.685. The van der Waals surface area contributed by atoms with Gasteiger partial charge in [-0.05, 0) is 208 Å². The Labute approximate surface area is 659 Å². The van der Waals surface area contributed by atoms with Crippen LogP contribution >= 0.6 is 111 Å². The number of phenols is 1. The number of nitrogens with zero attached hydrogens (tertiary/aromatic N) is 3. The van der Waals surface area contributed by atoms with Crippen LogP contribution in [0.5, 0.6) is 11.5 Å². The Morgan fingerprint density at radius 1 is 0.620 bits per heavy atom. The molecule has 3 N–H and O–H groups in total. The Hall–Kier alpha value is -3.90. The van der Waals surface area contributed by atoms with E-state index in [9.17, 15) is 41.8 Å². The fourth-order valence-electron chi connectivity index (χ4n) is 10.4. The van der Waals surface area contributed by atoms with E-state index in [0.29, 0.717) is 55.9 Å². The van der Waals surface area contributed by atoms with Crippen molar-refractivity contribution < 1.29 is 83.5 Å². The van der Waals surface area contributed by atoms with Gasteiger partial charge in [-0.25, -0.2) is 37.0 Å². The predicted molar refractivity (Wildman–Crippen MR) is 432 cm³/mol. The topological polar surface area (TPSA) is 177 Å². The van der Waals surface area contributed by atoms with E-state index in [2.05, 4.69) is 147 Å². The average Bonchev–Trinajstić information content (AvgIpc) is 1.53. The van der Waals surface area contributed by atoms with Crippen LogP contribution in [0.2, 0.25) is 39.3 Å². The number of amides is 4. The second-order valence-corrected chi connectivity index (χ2v) is 84.9. The third-order valence-corrected chi connectivity index (χ3v) is 16.7. The molecule has 2 aliphatic rings. The van der Waals surface area contributed by atoms with Gasteiger partial charge in [0.2, 0.25) is 20.1 Å². The summed E-state index contributed by atoms with van der Waals surface area (Å²) in [5, 5.41) is 22.7. The number of hydrogen-bond acceptors (Lipinski definition) is 12. The van der Waals surface area contributed by atoms with E-state index >= 15 is 0 Å². The number of anilines is 1. The van der Waals surface area contributed by atoms with Gasteiger partial charge in [-0.3, -0.25) is 14.6 Å². The molecule has 28 heteroatoms. The molecule has 8 aromatic rings. The minimum atomic E-state index is -2.12. The molecule has 8 aromatic carbocycles. The number of cyclic esters (lactones) is 2. The number of aliphatic imine (C=N–C) groups is 1. The minimum absolute atomic E-state index is 0. The predicted octanol–water partition coefficient (Wildman–Crippen LogP) is 18.6. The van der Waals surface area contributed by atoms with Crippen LogP contribution in [0.3, 0.4) is 0 Å². The van der Waals surface area contributed by atoms with Crippen molar-refractivity contribution in [1.82, 2.24) is 9.80 Å². The maximum atomic E-state index is 15.0. The van der Waals surface area contributed by atoms with E-state index in [0.717, 1.165) is 38.5 Å². The average molecular weight is 2140 g/mol. The van der Waals surface area contributed by atoms with E-state index in [1.54, 1.807) is 66.9 Å². The molecule has 0 saturated carbocycles. The van der Waals surface area contributed by atoms with E-state index in [-0.39, 0.29) is 73.0 Å². The first-order chi connectivity index (χ1) is 47.1. The zero-order valence-corrected chi connectivity index (χ0v) is 72.7. The Kier molecular flexibility index (Phi) is 38.3. The molecule has 0 aliphatic carbocycles. The summed E-state index contributed by atoms with van der Waals surface area (Å²) in [6.45, 7) is 12.7. The third-order valence-electron chi connectivity index (χ3n) is 14.9. The van der Waals surface area contributed by atoms with Crippen LogP contribution in [0.4, 0.5) is 38.5 Å². The molecule has 14 nitrogen and oxygen atoms in total. The summed E-state index contributed by atoms with van der Waals surface area (Å²) >= 11 is 12.7. The number of aliphatic hydroxyl groups excluding tert-OH is 1. The Bertz CT molecular complexity index is 3770. The Morgan fingerprint density at radius 3 is 1.54 bits per heavy atom. The molecule has 2 saturated heterocycles. The number of hydrogen-bond donors (Lipinski definition) is 3. The third kappa shape index (κ3) is 30.3. The number of aliphatic hydroxyl groups is 1. The molecule has 0 spiro atoms. The zero-order chi connectivity index (χ0) is 72.2. The number of carbonyl (C=O) groups is 4. The first kappa shape index (κ1) is 86.7. The molecule has 0 aromatic heterocycles. The summed E-state index contributed by atoms with van der Waals surface area (Å²) in [5.74, 6) is -1.97. The second-order valence-electron chi connectivity index (χ2n) is 24.4. The van der Waals surface area contributed by atoms with Crippen LogP contribution in [-0.4, -0.2) is 80.1 Å². The summed E-state index contributed by atoms with van der Waals surface area (Å²) < 4.78 is 76.9.